The van der Waals surface area contributed by atoms with Crippen LogP contribution in [0.2, 0.25) is 0 Å². The highest BCUT2D eigenvalue weighted by Crippen LogP contribution is 2.41. The van der Waals surface area contributed by atoms with E-state index in [1.54, 1.807) is 7.11 Å². The van der Waals surface area contributed by atoms with Crippen molar-refractivity contribution < 1.29 is 41.8 Å². The average Bonchev–Trinajstić information content (AvgIpc) is 3.52. The standard InChI is InChI=1S/C29H33F2N3O6S/c1-34(4-7-39-8-5-34)6-9-40-24-12-22-25(13-23(24)37-2)41-26(33-22)17-32-28(36)29(16-27(35)38-3)14-18-10-20(30)21(31)11-19(18)15-29/h10-13H,4-9,14-17H2,1-3H3/p+1. The normalized spacial score (nSPS) is 17.2. The van der Waals surface area contributed by atoms with E-state index in [1.807, 2.05) is 12.1 Å². The fourth-order valence-electron chi connectivity index (χ4n) is 5.52. The minimum atomic E-state index is -1.21. The molecule has 0 radical (unpaired) electrons. The minimum Gasteiger partial charge on any atom is -0.493 e. The highest BCUT2D eigenvalue weighted by atomic mass is 32.1. The zero-order valence-electron chi connectivity index (χ0n) is 23.4. The third-order valence-electron chi connectivity index (χ3n) is 8.05. The predicted molar refractivity (Wildman–Crippen MR) is 148 cm³/mol. The maximum Gasteiger partial charge on any atom is 0.306 e. The van der Waals surface area contributed by atoms with Crippen LogP contribution in [0.25, 0.3) is 10.2 Å². The monoisotopic (exact) mass is 590 g/mol. The Morgan fingerprint density at radius 1 is 1.07 bits per heavy atom. The van der Waals surface area contributed by atoms with Crippen molar-refractivity contribution in [1.82, 2.24) is 10.3 Å². The molecular weight excluding hydrogens is 556 g/mol. The SMILES string of the molecule is COC(=O)CC1(C(=O)NCc2nc3cc(OCC[N+]4(C)CCOCC4)c(OC)cc3s2)Cc2cc(F)c(F)cc2C1. The number of fused-ring (bicyclic) bond motifs is 2. The van der Waals surface area contributed by atoms with Crippen LogP contribution in [0.3, 0.4) is 0 Å². The number of esters is 1. The lowest BCUT2D eigenvalue weighted by Crippen LogP contribution is -2.53. The Balaban J connectivity index is 1.28. The summed E-state index contributed by atoms with van der Waals surface area (Å²) in [6.45, 7) is 4.87. The second-order valence-electron chi connectivity index (χ2n) is 10.9. The van der Waals surface area contributed by atoms with Crippen molar-refractivity contribution in [2.75, 3.05) is 60.7 Å². The predicted octanol–water partition coefficient (Wildman–Crippen LogP) is 3.40. The molecule has 5 rings (SSSR count). The van der Waals surface area contributed by atoms with Gasteiger partial charge in [0.2, 0.25) is 5.91 Å². The Labute approximate surface area is 240 Å². The fourth-order valence-corrected chi connectivity index (χ4v) is 6.44. The molecule has 2 aliphatic rings. The number of ether oxygens (including phenoxy) is 4. The largest absolute Gasteiger partial charge is 0.493 e. The van der Waals surface area contributed by atoms with Crippen molar-refractivity contribution in [1.29, 1.82) is 0 Å². The van der Waals surface area contributed by atoms with Crippen LogP contribution < -0.4 is 14.8 Å². The van der Waals surface area contributed by atoms with E-state index >= 15 is 0 Å². The second kappa shape index (κ2) is 11.9. The number of morpholine rings is 1. The molecule has 1 fully saturated rings. The molecule has 1 aromatic heterocycles. The first-order valence-corrected chi connectivity index (χ1v) is 14.3. The summed E-state index contributed by atoms with van der Waals surface area (Å²) in [6, 6.07) is 5.90. The van der Waals surface area contributed by atoms with Gasteiger partial charge in [-0.25, -0.2) is 13.8 Å². The molecule has 1 amide bonds. The molecule has 0 bridgehead atoms. The molecule has 1 N–H and O–H groups in total. The highest BCUT2D eigenvalue weighted by molar-refractivity contribution is 7.18. The van der Waals surface area contributed by atoms with Gasteiger partial charge in [-0.05, 0) is 36.1 Å². The van der Waals surface area contributed by atoms with Gasteiger partial charge >= 0.3 is 5.97 Å². The van der Waals surface area contributed by atoms with Crippen LogP contribution in [0.5, 0.6) is 11.5 Å². The zero-order valence-corrected chi connectivity index (χ0v) is 24.2. The van der Waals surface area contributed by atoms with E-state index in [-0.39, 0.29) is 25.8 Å². The summed E-state index contributed by atoms with van der Waals surface area (Å²) in [7, 11) is 5.03. The van der Waals surface area contributed by atoms with Crippen LogP contribution in [0.15, 0.2) is 24.3 Å². The Morgan fingerprint density at radius 3 is 2.39 bits per heavy atom. The van der Waals surface area contributed by atoms with E-state index in [1.165, 1.54) is 18.4 Å². The number of benzene rings is 2. The van der Waals surface area contributed by atoms with Crippen LogP contribution in [0.1, 0.15) is 22.6 Å². The number of aromatic nitrogens is 1. The highest BCUT2D eigenvalue weighted by Gasteiger charge is 2.46. The van der Waals surface area contributed by atoms with Gasteiger partial charge in [0.15, 0.2) is 23.1 Å². The van der Waals surface area contributed by atoms with Crippen LogP contribution >= 0.6 is 11.3 Å². The summed E-state index contributed by atoms with van der Waals surface area (Å²) >= 11 is 1.41. The molecule has 1 aliphatic carbocycles. The minimum absolute atomic E-state index is 0.100. The van der Waals surface area contributed by atoms with Gasteiger partial charge < -0.3 is 28.7 Å². The van der Waals surface area contributed by atoms with Crippen molar-refractivity contribution in [2.45, 2.75) is 25.8 Å². The van der Waals surface area contributed by atoms with E-state index in [2.05, 4.69) is 17.3 Å². The lowest BCUT2D eigenvalue weighted by Gasteiger charge is -2.37. The molecule has 0 unspecified atom stereocenters. The molecule has 1 aliphatic heterocycles. The molecule has 9 nitrogen and oxygen atoms in total. The first-order valence-electron chi connectivity index (χ1n) is 13.5. The molecule has 41 heavy (non-hydrogen) atoms. The lowest BCUT2D eigenvalue weighted by molar-refractivity contribution is -0.916. The van der Waals surface area contributed by atoms with E-state index in [0.29, 0.717) is 39.8 Å². The van der Waals surface area contributed by atoms with Gasteiger partial charge in [0.05, 0.1) is 63.1 Å². The number of quaternary nitrogens is 1. The maximum atomic E-state index is 13.9. The number of rotatable bonds is 10. The summed E-state index contributed by atoms with van der Waals surface area (Å²) < 4.78 is 51.5. The second-order valence-corrected chi connectivity index (χ2v) is 12.0. The number of methoxy groups -OCH3 is 2. The number of hydrogen-bond acceptors (Lipinski definition) is 8. The smallest absolute Gasteiger partial charge is 0.306 e. The summed E-state index contributed by atoms with van der Waals surface area (Å²) in [5.41, 5.74) is 0.514. The molecule has 12 heteroatoms. The van der Waals surface area contributed by atoms with Crippen LogP contribution in [-0.4, -0.2) is 82.1 Å². The molecule has 2 aromatic carbocycles. The molecule has 0 spiro atoms. The molecule has 1 saturated heterocycles. The lowest BCUT2D eigenvalue weighted by atomic mass is 9.80. The molecule has 2 heterocycles. The maximum absolute atomic E-state index is 13.9. The van der Waals surface area contributed by atoms with Crippen molar-refractivity contribution in [3.63, 3.8) is 0 Å². The van der Waals surface area contributed by atoms with Crippen molar-refractivity contribution >= 4 is 33.4 Å². The summed E-state index contributed by atoms with van der Waals surface area (Å²) in [4.78, 5) is 30.4. The van der Waals surface area contributed by atoms with Crippen LogP contribution in [0, 0.1) is 17.0 Å². The molecule has 0 atom stereocenters. The summed E-state index contributed by atoms with van der Waals surface area (Å²) in [5.74, 6) is -1.74. The van der Waals surface area contributed by atoms with E-state index in [9.17, 15) is 18.4 Å². The number of carbonyl (C=O) groups is 2. The topological polar surface area (TPSA) is 96.0 Å². The third kappa shape index (κ3) is 6.29. The van der Waals surface area contributed by atoms with E-state index in [0.717, 1.165) is 54.2 Å². The van der Waals surface area contributed by atoms with Gasteiger partial charge in [-0.1, -0.05) is 0 Å². The Kier molecular flexibility index (Phi) is 8.44. The van der Waals surface area contributed by atoms with Crippen molar-refractivity contribution in [3.05, 3.63) is 52.0 Å². The number of thiazole rings is 1. The van der Waals surface area contributed by atoms with Gasteiger partial charge in [-0.15, -0.1) is 11.3 Å². The summed E-state index contributed by atoms with van der Waals surface area (Å²) in [5, 5.41) is 3.55. The Bertz CT molecular complexity index is 1430. The van der Waals surface area contributed by atoms with Gasteiger partial charge in [0, 0.05) is 12.1 Å². The molecule has 3 aromatic rings. The average molecular weight is 591 g/mol. The number of halogens is 2. The van der Waals surface area contributed by atoms with E-state index in [4.69, 9.17) is 18.9 Å². The van der Waals surface area contributed by atoms with E-state index < -0.39 is 28.9 Å². The number of nitrogens with one attached hydrogen (secondary N) is 1. The molecule has 220 valence electrons. The molecule has 0 saturated carbocycles. The first-order chi connectivity index (χ1) is 19.6. The summed E-state index contributed by atoms with van der Waals surface area (Å²) in [6.07, 6.45) is -0.0121. The number of amides is 1. The van der Waals surface area contributed by atoms with Crippen LogP contribution in [0.4, 0.5) is 8.78 Å². The van der Waals surface area contributed by atoms with Crippen molar-refractivity contribution in [3.8, 4) is 11.5 Å². The van der Waals surface area contributed by atoms with Crippen molar-refractivity contribution in [2.24, 2.45) is 5.41 Å². The number of hydrogen-bond donors (Lipinski definition) is 1. The van der Waals surface area contributed by atoms with Gasteiger partial charge in [0.25, 0.3) is 0 Å². The number of likely N-dealkylation sites (N-methyl/N-ethyl adjacent to an activating group) is 1. The third-order valence-corrected chi connectivity index (χ3v) is 9.07. The zero-order chi connectivity index (χ0) is 29.2. The number of carbonyl (C=O) groups excluding carboxylic acids is 2. The first kappa shape index (κ1) is 29.2. The molecular formula is C29H34F2N3O6S+. The Morgan fingerprint density at radius 2 is 1.76 bits per heavy atom. The van der Waals surface area contributed by atoms with Gasteiger partial charge in [-0.2, -0.15) is 0 Å². The Hall–Kier alpha value is -3.35. The number of nitrogens with zero attached hydrogens (tertiary/aromatic N) is 2. The van der Waals surface area contributed by atoms with Crippen LogP contribution in [-0.2, 0) is 38.4 Å². The van der Waals surface area contributed by atoms with Gasteiger partial charge in [-0.3, -0.25) is 9.59 Å². The fraction of sp³-hybridized carbons (Fsp3) is 0.483. The quantitative estimate of drug-likeness (QED) is 0.286. The van der Waals surface area contributed by atoms with Gasteiger partial charge in [0.1, 0.15) is 31.2 Å².